The fraction of sp³-hybridized carbons (Fsp3) is 0.588. The van der Waals surface area contributed by atoms with E-state index in [9.17, 15) is 9.59 Å². The van der Waals surface area contributed by atoms with E-state index >= 15 is 0 Å². The molecule has 0 unspecified atom stereocenters. The summed E-state index contributed by atoms with van der Waals surface area (Å²) in [5.41, 5.74) is 0.499. The van der Waals surface area contributed by atoms with Crippen molar-refractivity contribution in [2.75, 3.05) is 31.1 Å². The molecule has 1 aliphatic carbocycles. The maximum Gasteiger partial charge on any atom is 0.407 e. The summed E-state index contributed by atoms with van der Waals surface area (Å²) in [5.74, 6) is 0.401. The second-order valence-corrected chi connectivity index (χ2v) is 6.96. The molecule has 8 heteroatoms. The summed E-state index contributed by atoms with van der Waals surface area (Å²) in [5, 5.41) is 12.5. The molecule has 25 heavy (non-hydrogen) atoms. The summed E-state index contributed by atoms with van der Waals surface area (Å²) >= 11 is 6.04. The third kappa shape index (κ3) is 4.34. The van der Waals surface area contributed by atoms with Crippen LogP contribution in [-0.2, 0) is 0 Å². The first-order valence-corrected chi connectivity index (χ1v) is 9.12. The average Bonchev–Trinajstić information content (AvgIpc) is 2.62. The van der Waals surface area contributed by atoms with Crippen molar-refractivity contribution in [1.29, 1.82) is 0 Å². The highest BCUT2D eigenvalue weighted by atomic mass is 35.5. The van der Waals surface area contributed by atoms with Gasteiger partial charge in [0.05, 0.1) is 5.56 Å². The number of piperazine rings is 1. The summed E-state index contributed by atoms with van der Waals surface area (Å²) < 4.78 is 0. The van der Waals surface area contributed by atoms with Crippen molar-refractivity contribution in [1.82, 2.24) is 15.2 Å². The monoisotopic (exact) mass is 366 g/mol. The zero-order valence-corrected chi connectivity index (χ0v) is 14.8. The summed E-state index contributed by atoms with van der Waals surface area (Å²) in [4.78, 5) is 31.4. The third-order valence-electron chi connectivity index (χ3n) is 4.88. The number of anilines is 1. The highest BCUT2D eigenvalue weighted by Crippen LogP contribution is 2.24. The highest BCUT2D eigenvalue weighted by Gasteiger charge is 2.26. The van der Waals surface area contributed by atoms with Crippen LogP contribution in [0.5, 0.6) is 0 Å². The van der Waals surface area contributed by atoms with Gasteiger partial charge in [-0.2, -0.15) is 0 Å². The number of hydrogen-bond acceptors (Lipinski definition) is 4. The van der Waals surface area contributed by atoms with Gasteiger partial charge >= 0.3 is 6.09 Å². The molecule has 0 bridgehead atoms. The van der Waals surface area contributed by atoms with E-state index in [0.717, 1.165) is 25.7 Å². The van der Waals surface area contributed by atoms with Gasteiger partial charge in [0.1, 0.15) is 11.0 Å². The van der Waals surface area contributed by atoms with Crippen LogP contribution in [0.4, 0.5) is 10.6 Å². The standard InChI is InChI=1S/C17H23ClN4O3/c18-14-7-6-13(16(23)19-12-4-2-1-3-5-12)15(20-14)21-8-10-22(11-9-21)17(24)25/h6-7,12H,1-5,8-11H2,(H,19,23)(H,24,25). The molecule has 2 aliphatic rings. The largest absolute Gasteiger partial charge is 0.465 e. The minimum absolute atomic E-state index is 0.133. The van der Waals surface area contributed by atoms with Crippen LogP contribution in [0.25, 0.3) is 0 Å². The van der Waals surface area contributed by atoms with Gasteiger partial charge in [0.15, 0.2) is 0 Å². The molecule has 1 saturated carbocycles. The number of carboxylic acid groups (broad SMARTS) is 1. The molecule has 0 aromatic carbocycles. The van der Waals surface area contributed by atoms with Crippen LogP contribution >= 0.6 is 11.6 Å². The minimum Gasteiger partial charge on any atom is -0.465 e. The van der Waals surface area contributed by atoms with Crippen LogP contribution in [0.15, 0.2) is 12.1 Å². The Morgan fingerprint density at radius 3 is 2.44 bits per heavy atom. The molecule has 136 valence electrons. The quantitative estimate of drug-likeness (QED) is 0.803. The molecule has 1 aromatic heterocycles. The van der Waals surface area contributed by atoms with E-state index in [-0.39, 0.29) is 11.9 Å². The Morgan fingerprint density at radius 1 is 1.12 bits per heavy atom. The van der Waals surface area contributed by atoms with Gasteiger partial charge in [0.2, 0.25) is 0 Å². The third-order valence-corrected chi connectivity index (χ3v) is 5.09. The summed E-state index contributed by atoms with van der Waals surface area (Å²) in [7, 11) is 0. The Balaban J connectivity index is 1.74. The SMILES string of the molecule is O=C(NC1CCCCC1)c1ccc(Cl)nc1N1CCN(C(=O)O)CC1. The first-order chi connectivity index (χ1) is 12.0. The molecule has 7 nitrogen and oxygen atoms in total. The molecule has 1 aromatic rings. The Labute approximate surface area is 152 Å². The smallest absolute Gasteiger partial charge is 0.407 e. The van der Waals surface area contributed by atoms with Gasteiger partial charge in [-0.3, -0.25) is 4.79 Å². The van der Waals surface area contributed by atoms with E-state index < -0.39 is 6.09 Å². The zero-order valence-electron chi connectivity index (χ0n) is 14.1. The van der Waals surface area contributed by atoms with Gasteiger partial charge in [0.25, 0.3) is 5.91 Å². The fourth-order valence-corrected chi connectivity index (χ4v) is 3.61. The van der Waals surface area contributed by atoms with Crippen molar-refractivity contribution in [2.45, 2.75) is 38.1 Å². The molecule has 1 aliphatic heterocycles. The molecule has 0 radical (unpaired) electrons. The van der Waals surface area contributed by atoms with E-state index in [0.29, 0.717) is 42.7 Å². The van der Waals surface area contributed by atoms with Crippen molar-refractivity contribution < 1.29 is 14.7 Å². The highest BCUT2D eigenvalue weighted by molar-refractivity contribution is 6.29. The molecule has 1 saturated heterocycles. The minimum atomic E-state index is -0.922. The number of nitrogens with zero attached hydrogens (tertiary/aromatic N) is 3. The Bertz CT molecular complexity index is 641. The molecule has 3 rings (SSSR count). The number of rotatable bonds is 3. The van der Waals surface area contributed by atoms with Crippen molar-refractivity contribution in [3.8, 4) is 0 Å². The van der Waals surface area contributed by atoms with Gasteiger partial charge in [0, 0.05) is 32.2 Å². The summed E-state index contributed by atoms with van der Waals surface area (Å²) in [6, 6.07) is 3.54. The van der Waals surface area contributed by atoms with Crippen LogP contribution in [0.1, 0.15) is 42.5 Å². The van der Waals surface area contributed by atoms with Crippen LogP contribution in [0, 0.1) is 0 Å². The van der Waals surface area contributed by atoms with Gasteiger partial charge in [-0.1, -0.05) is 30.9 Å². The molecule has 2 fully saturated rings. The van der Waals surface area contributed by atoms with E-state index in [1.54, 1.807) is 12.1 Å². The normalized spacial score (nSPS) is 18.9. The fourth-order valence-electron chi connectivity index (χ4n) is 3.46. The number of carbonyl (C=O) groups excluding carboxylic acids is 1. The van der Waals surface area contributed by atoms with E-state index in [1.807, 2.05) is 4.90 Å². The maximum atomic E-state index is 12.7. The molecule has 2 amide bonds. The van der Waals surface area contributed by atoms with Crippen LogP contribution in [0.2, 0.25) is 5.15 Å². The molecule has 2 N–H and O–H groups in total. The second-order valence-electron chi connectivity index (χ2n) is 6.57. The number of carbonyl (C=O) groups is 2. The van der Waals surface area contributed by atoms with Gasteiger partial charge < -0.3 is 20.2 Å². The number of pyridine rings is 1. The Kier molecular flexibility index (Phi) is 5.63. The van der Waals surface area contributed by atoms with Crippen LogP contribution in [0.3, 0.4) is 0 Å². The first-order valence-electron chi connectivity index (χ1n) is 8.75. The van der Waals surface area contributed by atoms with Gasteiger partial charge in [-0.05, 0) is 25.0 Å². The summed E-state index contributed by atoms with van der Waals surface area (Å²) in [6.45, 7) is 1.74. The van der Waals surface area contributed by atoms with E-state index in [4.69, 9.17) is 16.7 Å². The summed E-state index contributed by atoms with van der Waals surface area (Å²) in [6.07, 6.45) is 4.63. The topological polar surface area (TPSA) is 85.8 Å². The van der Waals surface area contributed by atoms with Crippen LogP contribution < -0.4 is 10.2 Å². The van der Waals surface area contributed by atoms with Crippen molar-refractivity contribution >= 4 is 29.4 Å². The number of aromatic nitrogens is 1. The van der Waals surface area contributed by atoms with Crippen molar-refractivity contribution in [3.63, 3.8) is 0 Å². The molecule has 0 spiro atoms. The lowest BCUT2D eigenvalue weighted by Crippen LogP contribution is -2.49. The van der Waals surface area contributed by atoms with Gasteiger partial charge in [-0.15, -0.1) is 0 Å². The molecule has 2 heterocycles. The number of halogens is 1. The predicted octanol–water partition coefficient (Wildman–Crippen LogP) is 2.60. The lowest BCUT2D eigenvalue weighted by atomic mass is 9.95. The number of nitrogens with one attached hydrogen (secondary N) is 1. The van der Waals surface area contributed by atoms with Gasteiger partial charge in [-0.25, -0.2) is 9.78 Å². The number of amides is 2. The second kappa shape index (κ2) is 7.91. The van der Waals surface area contributed by atoms with E-state index in [2.05, 4.69) is 10.3 Å². The Hall–Kier alpha value is -2.02. The Morgan fingerprint density at radius 2 is 1.80 bits per heavy atom. The average molecular weight is 367 g/mol. The van der Waals surface area contributed by atoms with Crippen molar-refractivity contribution in [3.05, 3.63) is 22.8 Å². The molecule has 0 atom stereocenters. The van der Waals surface area contributed by atoms with E-state index in [1.165, 1.54) is 11.3 Å². The maximum absolute atomic E-state index is 12.7. The molecular weight excluding hydrogens is 344 g/mol. The predicted molar refractivity (Wildman–Crippen MR) is 95.4 cm³/mol. The number of hydrogen-bond donors (Lipinski definition) is 2. The lowest BCUT2D eigenvalue weighted by molar-refractivity contribution is 0.0927. The van der Waals surface area contributed by atoms with Crippen LogP contribution in [-0.4, -0.2) is 59.2 Å². The zero-order chi connectivity index (χ0) is 17.8. The lowest BCUT2D eigenvalue weighted by Gasteiger charge is -2.34. The first kappa shape index (κ1) is 17.8. The van der Waals surface area contributed by atoms with Crippen molar-refractivity contribution in [2.24, 2.45) is 0 Å². The molecular formula is C17H23ClN4O3.